The Balaban J connectivity index is 1.90. The Bertz CT molecular complexity index is 581. The number of aromatic nitrogens is 1. The summed E-state index contributed by atoms with van der Waals surface area (Å²) in [5.74, 6) is 0.760. The third-order valence-electron chi connectivity index (χ3n) is 3.23. The van der Waals surface area contributed by atoms with Gasteiger partial charge in [0, 0.05) is 19.3 Å². The molecule has 1 aliphatic rings. The summed E-state index contributed by atoms with van der Waals surface area (Å²) in [4.78, 5) is 4.60. The van der Waals surface area contributed by atoms with E-state index in [9.17, 15) is 0 Å². The molecule has 0 bridgehead atoms. The third-order valence-corrected chi connectivity index (χ3v) is 4.67. The van der Waals surface area contributed by atoms with Crippen molar-refractivity contribution >= 4 is 38.3 Å². The van der Waals surface area contributed by atoms with Gasteiger partial charge in [0.1, 0.15) is 11.3 Å². The lowest BCUT2D eigenvalue weighted by Gasteiger charge is -2.22. The molecule has 1 fully saturated rings. The van der Waals surface area contributed by atoms with Crippen LogP contribution in [-0.4, -0.2) is 31.3 Å². The third kappa shape index (κ3) is 2.63. The minimum absolute atomic E-state index is 0.430. The van der Waals surface area contributed by atoms with Gasteiger partial charge in [-0.1, -0.05) is 22.9 Å². The number of anilines is 1. The fraction of sp³-hybridized carbons (Fsp3) is 0.462. The molecular formula is C13H15ClN2O2S. The largest absolute Gasteiger partial charge is 0.494 e. The van der Waals surface area contributed by atoms with Crippen LogP contribution in [-0.2, 0) is 4.74 Å². The minimum atomic E-state index is 0.430. The van der Waals surface area contributed by atoms with E-state index in [0.717, 1.165) is 47.2 Å². The van der Waals surface area contributed by atoms with Crippen LogP contribution in [0.4, 0.5) is 5.13 Å². The first kappa shape index (κ1) is 13.0. The number of benzene rings is 1. The van der Waals surface area contributed by atoms with E-state index in [2.05, 4.69) is 10.3 Å². The number of nitrogens with one attached hydrogen (secondary N) is 1. The Morgan fingerprint density at radius 2 is 2.21 bits per heavy atom. The van der Waals surface area contributed by atoms with Crippen LogP contribution in [0.1, 0.15) is 12.8 Å². The Hall–Kier alpha value is -1.04. The van der Waals surface area contributed by atoms with Crippen molar-refractivity contribution in [3.63, 3.8) is 0 Å². The number of nitrogens with zero attached hydrogens (tertiary/aromatic N) is 1. The number of rotatable bonds is 3. The van der Waals surface area contributed by atoms with Crippen molar-refractivity contribution in [1.29, 1.82) is 0 Å². The highest BCUT2D eigenvalue weighted by atomic mass is 35.5. The molecule has 19 heavy (non-hydrogen) atoms. The van der Waals surface area contributed by atoms with Gasteiger partial charge in [-0.05, 0) is 25.0 Å². The van der Waals surface area contributed by atoms with Crippen molar-refractivity contribution in [2.75, 3.05) is 25.6 Å². The lowest BCUT2D eigenvalue weighted by atomic mass is 10.1. The highest BCUT2D eigenvalue weighted by molar-refractivity contribution is 7.22. The first-order valence-corrected chi connectivity index (χ1v) is 7.44. The van der Waals surface area contributed by atoms with Crippen LogP contribution in [0.5, 0.6) is 5.75 Å². The van der Waals surface area contributed by atoms with Gasteiger partial charge in [-0.2, -0.15) is 0 Å². The average molecular weight is 299 g/mol. The number of hydrogen-bond donors (Lipinski definition) is 1. The molecule has 0 unspecified atom stereocenters. The Morgan fingerprint density at radius 1 is 1.42 bits per heavy atom. The molecule has 1 N–H and O–H groups in total. The summed E-state index contributed by atoms with van der Waals surface area (Å²) in [6.45, 7) is 1.62. The van der Waals surface area contributed by atoms with E-state index in [1.165, 1.54) is 0 Å². The first-order chi connectivity index (χ1) is 9.28. The van der Waals surface area contributed by atoms with Crippen molar-refractivity contribution in [3.05, 3.63) is 17.2 Å². The molecule has 102 valence electrons. The lowest BCUT2D eigenvalue weighted by molar-refractivity contribution is 0.0904. The van der Waals surface area contributed by atoms with Crippen LogP contribution in [0, 0.1) is 0 Å². The number of methoxy groups -OCH3 is 1. The quantitative estimate of drug-likeness (QED) is 0.941. The summed E-state index contributed by atoms with van der Waals surface area (Å²) in [7, 11) is 1.65. The first-order valence-electron chi connectivity index (χ1n) is 6.25. The molecule has 2 aromatic rings. The molecule has 1 aliphatic heterocycles. The zero-order chi connectivity index (χ0) is 13.2. The number of thiazole rings is 1. The Labute approximate surface area is 120 Å². The predicted octanol–water partition coefficient (Wildman–Crippen LogP) is 3.55. The van der Waals surface area contributed by atoms with Crippen molar-refractivity contribution in [3.8, 4) is 5.75 Å². The second-order valence-corrected chi connectivity index (χ2v) is 5.88. The molecule has 0 aliphatic carbocycles. The fourth-order valence-electron chi connectivity index (χ4n) is 2.20. The van der Waals surface area contributed by atoms with E-state index in [1.54, 1.807) is 18.4 Å². The number of fused-ring (bicyclic) bond motifs is 1. The van der Waals surface area contributed by atoms with Crippen LogP contribution in [0.25, 0.3) is 10.2 Å². The van der Waals surface area contributed by atoms with E-state index in [-0.39, 0.29) is 0 Å². The van der Waals surface area contributed by atoms with E-state index in [1.807, 2.05) is 12.1 Å². The number of halogens is 1. The van der Waals surface area contributed by atoms with Crippen LogP contribution >= 0.6 is 22.9 Å². The summed E-state index contributed by atoms with van der Waals surface area (Å²) < 4.78 is 11.6. The molecule has 6 heteroatoms. The molecule has 0 saturated carbocycles. The zero-order valence-corrected chi connectivity index (χ0v) is 12.2. The minimum Gasteiger partial charge on any atom is -0.494 e. The standard InChI is InChI=1S/C13H15ClN2O2S/c1-17-10-3-2-9(14)12-11(10)16-13(19-12)15-8-4-6-18-7-5-8/h2-3,8H,4-7H2,1H3,(H,15,16). The molecule has 0 amide bonds. The molecule has 3 rings (SSSR count). The highest BCUT2D eigenvalue weighted by Crippen LogP contribution is 2.37. The van der Waals surface area contributed by atoms with Gasteiger partial charge in [0.2, 0.25) is 0 Å². The van der Waals surface area contributed by atoms with Gasteiger partial charge >= 0.3 is 0 Å². The topological polar surface area (TPSA) is 43.4 Å². The summed E-state index contributed by atoms with van der Waals surface area (Å²) in [6.07, 6.45) is 2.03. The predicted molar refractivity (Wildman–Crippen MR) is 78.6 cm³/mol. The second kappa shape index (κ2) is 5.53. The van der Waals surface area contributed by atoms with Gasteiger partial charge in [0.25, 0.3) is 0 Å². The average Bonchev–Trinajstić information content (AvgIpc) is 2.85. The molecule has 0 atom stereocenters. The molecule has 1 aromatic heterocycles. The maximum atomic E-state index is 6.21. The van der Waals surface area contributed by atoms with Gasteiger partial charge in [-0.25, -0.2) is 4.98 Å². The molecule has 0 spiro atoms. The summed E-state index contributed by atoms with van der Waals surface area (Å²) in [5, 5.41) is 5.07. The van der Waals surface area contributed by atoms with Gasteiger partial charge in [-0.15, -0.1) is 0 Å². The molecular weight excluding hydrogens is 284 g/mol. The van der Waals surface area contributed by atoms with Crippen LogP contribution in [0.3, 0.4) is 0 Å². The Morgan fingerprint density at radius 3 is 2.95 bits per heavy atom. The molecule has 2 heterocycles. The SMILES string of the molecule is COc1ccc(Cl)c2sc(NC3CCOCC3)nc12. The van der Waals surface area contributed by atoms with E-state index < -0.39 is 0 Å². The molecule has 0 radical (unpaired) electrons. The number of ether oxygens (including phenoxy) is 2. The summed E-state index contributed by atoms with van der Waals surface area (Å²) >= 11 is 7.78. The Kier molecular flexibility index (Phi) is 3.77. The fourth-order valence-corrected chi connectivity index (χ4v) is 3.43. The molecule has 1 aromatic carbocycles. The molecule has 4 nitrogen and oxygen atoms in total. The van der Waals surface area contributed by atoms with Crippen LogP contribution in [0.2, 0.25) is 5.02 Å². The monoisotopic (exact) mass is 298 g/mol. The summed E-state index contributed by atoms with van der Waals surface area (Å²) in [5.41, 5.74) is 0.828. The van der Waals surface area contributed by atoms with E-state index in [0.29, 0.717) is 11.1 Å². The van der Waals surface area contributed by atoms with Crippen molar-refractivity contribution in [1.82, 2.24) is 4.98 Å². The van der Waals surface area contributed by atoms with Crippen molar-refractivity contribution < 1.29 is 9.47 Å². The normalized spacial score (nSPS) is 16.7. The zero-order valence-electron chi connectivity index (χ0n) is 10.6. The van der Waals surface area contributed by atoms with E-state index >= 15 is 0 Å². The number of hydrogen-bond acceptors (Lipinski definition) is 5. The smallest absolute Gasteiger partial charge is 0.184 e. The van der Waals surface area contributed by atoms with Crippen LogP contribution in [0.15, 0.2) is 12.1 Å². The van der Waals surface area contributed by atoms with Gasteiger partial charge < -0.3 is 14.8 Å². The maximum absolute atomic E-state index is 6.21. The van der Waals surface area contributed by atoms with Crippen molar-refractivity contribution in [2.45, 2.75) is 18.9 Å². The second-order valence-electron chi connectivity index (χ2n) is 4.48. The van der Waals surface area contributed by atoms with Gasteiger partial charge in [0.05, 0.1) is 16.8 Å². The van der Waals surface area contributed by atoms with Gasteiger partial charge in [0.15, 0.2) is 5.13 Å². The highest BCUT2D eigenvalue weighted by Gasteiger charge is 2.17. The maximum Gasteiger partial charge on any atom is 0.184 e. The summed E-state index contributed by atoms with van der Waals surface area (Å²) in [6, 6.07) is 4.13. The van der Waals surface area contributed by atoms with Crippen LogP contribution < -0.4 is 10.1 Å². The van der Waals surface area contributed by atoms with E-state index in [4.69, 9.17) is 21.1 Å². The van der Waals surface area contributed by atoms with Crippen molar-refractivity contribution in [2.24, 2.45) is 0 Å². The van der Waals surface area contributed by atoms with Gasteiger partial charge in [-0.3, -0.25) is 0 Å². The molecule has 1 saturated heterocycles. The lowest BCUT2D eigenvalue weighted by Crippen LogP contribution is -2.27.